The molecular weight excluding hydrogens is 562 g/mol. The average Bonchev–Trinajstić information content (AvgIpc) is 2.94. The third-order valence-electron chi connectivity index (χ3n) is 9.02. The highest BCUT2D eigenvalue weighted by Crippen LogP contribution is 2.42. The van der Waals surface area contributed by atoms with Gasteiger partial charge in [0.05, 0.1) is 24.4 Å². The summed E-state index contributed by atoms with van der Waals surface area (Å²) in [7, 11) is 2.76. The fourth-order valence-electron chi connectivity index (χ4n) is 5.80. The number of ether oxygens (including phenoxy) is 4. The summed E-state index contributed by atoms with van der Waals surface area (Å²) in [6.07, 6.45) is -6.89. The third-order valence-corrected chi connectivity index (χ3v) is 9.02. The van der Waals surface area contributed by atoms with Crippen LogP contribution in [0.15, 0.2) is 18.2 Å². The number of hydrogen-bond acceptors (Lipinski definition) is 11. The number of amides is 1. The number of phenolic OH excluding ortho intramolecular Hbond substituents is 2. The molecule has 0 aliphatic carbocycles. The molecule has 12 nitrogen and oxygen atoms in total. The number of rotatable bonds is 12. The van der Waals surface area contributed by atoms with E-state index in [2.05, 4.69) is 11.9 Å². The van der Waals surface area contributed by atoms with Crippen LogP contribution < -0.4 is 5.32 Å². The van der Waals surface area contributed by atoms with Crippen LogP contribution in [0.1, 0.15) is 68.4 Å². The molecule has 0 radical (unpaired) electrons. The van der Waals surface area contributed by atoms with E-state index < -0.39 is 72.2 Å². The molecule has 0 spiro atoms. The zero-order valence-electron chi connectivity index (χ0n) is 26.0. The molecule has 1 fully saturated rings. The van der Waals surface area contributed by atoms with E-state index >= 15 is 0 Å². The molecule has 1 aromatic carbocycles. The third kappa shape index (κ3) is 7.50. The van der Waals surface area contributed by atoms with E-state index in [0.717, 1.165) is 11.6 Å². The van der Waals surface area contributed by atoms with E-state index in [9.17, 15) is 35.1 Å². The van der Waals surface area contributed by atoms with Gasteiger partial charge in [-0.15, -0.1) is 6.58 Å². The SMILES string of the molecule is C=C(C)C[C@H](OC)[C@H](O)C(=O)N[C@@H](OC)[C@@H]1C[C@H](O)C(C)(C)[C@@H](C[C@H](O)[C@@H](C)[C@H]2Cc3c(C)c(O)cc(O)c3C(=O)O2)O1. The Hall–Kier alpha value is -2.74. The van der Waals surface area contributed by atoms with Gasteiger partial charge in [-0.25, -0.2) is 4.79 Å². The lowest BCUT2D eigenvalue weighted by atomic mass is 9.73. The number of hydrogen-bond donors (Lipinski definition) is 6. The smallest absolute Gasteiger partial charge is 0.342 e. The molecule has 1 aromatic rings. The minimum Gasteiger partial charge on any atom is -0.508 e. The van der Waals surface area contributed by atoms with Crippen molar-refractivity contribution in [2.24, 2.45) is 11.3 Å². The van der Waals surface area contributed by atoms with Crippen LogP contribution in [0, 0.1) is 18.3 Å². The van der Waals surface area contributed by atoms with Gasteiger partial charge in [0, 0.05) is 50.9 Å². The predicted octanol–water partition coefficient (Wildman–Crippen LogP) is 1.85. The van der Waals surface area contributed by atoms with Crippen LogP contribution in [0.5, 0.6) is 11.5 Å². The second kappa shape index (κ2) is 13.9. The minimum atomic E-state index is -1.50. The Morgan fingerprint density at radius 2 is 1.84 bits per heavy atom. The van der Waals surface area contributed by atoms with Gasteiger partial charge in [-0.2, -0.15) is 0 Å². The highest BCUT2D eigenvalue weighted by atomic mass is 16.6. The molecule has 12 heteroatoms. The fourth-order valence-corrected chi connectivity index (χ4v) is 5.80. The van der Waals surface area contributed by atoms with Crippen molar-refractivity contribution in [1.82, 2.24) is 5.32 Å². The summed E-state index contributed by atoms with van der Waals surface area (Å²) in [5, 5.41) is 56.0. The average molecular weight is 610 g/mol. The quantitative estimate of drug-likeness (QED) is 0.115. The second-order valence-electron chi connectivity index (χ2n) is 12.5. The summed E-state index contributed by atoms with van der Waals surface area (Å²) >= 11 is 0. The Bertz CT molecular complexity index is 1180. The van der Waals surface area contributed by atoms with E-state index in [4.69, 9.17) is 18.9 Å². The number of cyclic esters (lactones) is 1. The number of methoxy groups -OCH3 is 2. The van der Waals surface area contributed by atoms with E-state index in [1.54, 1.807) is 20.8 Å². The molecule has 0 unspecified atom stereocenters. The summed E-state index contributed by atoms with van der Waals surface area (Å²) in [6, 6.07) is 1.10. The van der Waals surface area contributed by atoms with E-state index in [0.29, 0.717) is 11.1 Å². The first-order valence-corrected chi connectivity index (χ1v) is 14.5. The summed E-state index contributed by atoms with van der Waals surface area (Å²) in [4.78, 5) is 25.6. The van der Waals surface area contributed by atoms with Gasteiger partial charge in [0.15, 0.2) is 12.3 Å². The van der Waals surface area contributed by atoms with Gasteiger partial charge in [-0.05, 0) is 31.4 Å². The standard InChI is InChI=1S/C31H47NO11/c1-14(2)9-22(40-7)27(37)28(38)32-29(41-8)23-13-24(36)31(5,6)25(42-23)12-19(34)16(4)21-10-17-15(3)18(33)11-20(35)26(17)30(39)43-21/h11,16,19,21-25,27,29,33-37H,1,9-10,12-13H2,2-8H3,(H,32,38)/t16-,19+,21-,22+,23+,24+,25-,27+,29+/m1/s1. The highest BCUT2D eigenvalue weighted by molar-refractivity contribution is 5.96. The lowest BCUT2D eigenvalue weighted by molar-refractivity contribution is -0.217. The summed E-state index contributed by atoms with van der Waals surface area (Å²) in [6.45, 7) is 12.6. The molecule has 1 saturated heterocycles. The first kappa shape index (κ1) is 34.7. The zero-order valence-corrected chi connectivity index (χ0v) is 26.0. The molecule has 2 aliphatic rings. The summed E-state index contributed by atoms with van der Waals surface area (Å²) in [5.74, 6) is -2.57. The second-order valence-corrected chi connectivity index (χ2v) is 12.5. The van der Waals surface area contributed by atoms with Gasteiger partial charge in [-0.3, -0.25) is 4.79 Å². The van der Waals surface area contributed by atoms with Crippen molar-refractivity contribution in [1.29, 1.82) is 0 Å². The number of carbonyl (C=O) groups excluding carboxylic acids is 2. The summed E-state index contributed by atoms with van der Waals surface area (Å²) in [5.41, 5.74) is 0.851. The predicted molar refractivity (Wildman–Crippen MR) is 155 cm³/mol. The maximum absolute atomic E-state index is 12.9. The maximum Gasteiger partial charge on any atom is 0.342 e. The van der Waals surface area contributed by atoms with Crippen molar-refractivity contribution in [2.75, 3.05) is 14.2 Å². The number of nitrogens with one attached hydrogen (secondary N) is 1. The van der Waals surface area contributed by atoms with Crippen LogP contribution in [0.4, 0.5) is 0 Å². The van der Waals surface area contributed by atoms with Crippen molar-refractivity contribution in [3.05, 3.63) is 34.9 Å². The van der Waals surface area contributed by atoms with Crippen molar-refractivity contribution in [3.63, 3.8) is 0 Å². The van der Waals surface area contributed by atoms with Gasteiger partial charge in [0.2, 0.25) is 0 Å². The Morgan fingerprint density at radius 3 is 2.42 bits per heavy atom. The Labute approximate surface area is 252 Å². The van der Waals surface area contributed by atoms with Crippen LogP contribution in [0.25, 0.3) is 0 Å². The molecule has 1 amide bonds. The van der Waals surface area contributed by atoms with E-state index in [1.165, 1.54) is 14.2 Å². The molecule has 9 atom stereocenters. The largest absolute Gasteiger partial charge is 0.508 e. The Kier molecular flexibility index (Phi) is 11.2. The Balaban J connectivity index is 1.73. The molecule has 2 heterocycles. The molecule has 0 aromatic heterocycles. The van der Waals surface area contributed by atoms with E-state index in [1.807, 2.05) is 13.8 Å². The molecule has 3 rings (SSSR count). The van der Waals surface area contributed by atoms with Crippen molar-refractivity contribution >= 4 is 11.9 Å². The first-order chi connectivity index (χ1) is 20.0. The van der Waals surface area contributed by atoms with Crippen molar-refractivity contribution in [3.8, 4) is 11.5 Å². The van der Waals surface area contributed by atoms with Crippen LogP contribution in [-0.4, -0.2) is 101 Å². The molecule has 242 valence electrons. The molecule has 0 saturated carbocycles. The number of esters is 1. The molecule has 0 bridgehead atoms. The van der Waals surface area contributed by atoms with Crippen molar-refractivity contribution < 1.29 is 54.1 Å². The van der Waals surface area contributed by atoms with Crippen LogP contribution in [0.2, 0.25) is 0 Å². The summed E-state index contributed by atoms with van der Waals surface area (Å²) < 4.78 is 22.7. The Morgan fingerprint density at radius 1 is 1.19 bits per heavy atom. The number of phenols is 2. The minimum absolute atomic E-state index is 0.00479. The maximum atomic E-state index is 12.9. The molecular formula is C31H47NO11. The lowest BCUT2D eigenvalue weighted by Gasteiger charge is -2.48. The van der Waals surface area contributed by atoms with Crippen LogP contribution >= 0.6 is 0 Å². The van der Waals surface area contributed by atoms with Gasteiger partial charge in [0.25, 0.3) is 5.91 Å². The van der Waals surface area contributed by atoms with Gasteiger partial charge >= 0.3 is 5.97 Å². The first-order valence-electron chi connectivity index (χ1n) is 14.5. The van der Waals surface area contributed by atoms with Crippen LogP contribution in [-0.2, 0) is 30.2 Å². The van der Waals surface area contributed by atoms with Gasteiger partial charge in [-0.1, -0.05) is 26.3 Å². The van der Waals surface area contributed by atoms with Gasteiger partial charge in [0.1, 0.15) is 29.3 Å². The lowest BCUT2D eigenvalue weighted by Crippen LogP contribution is -2.59. The monoisotopic (exact) mass is 609 g/mol. The fraction of sp³-hybridized carbons (Fsp3) is 0.677. The van der Waals surface area contributed by atoms with Crippen LogP contribution in [0.3, 0.4) is 0 Å². The molecule has 43 heavy (non-hydrogen) atoms. The molecule has 2 aliphatic heterocycles. The number of aliphatic hydroxyl groups is 3. The number of benzene rings is 1. The topological polar surface area (TPSA) is 184 Å². The number of aliphatic hydroxyl groups excluding tert-OH is 3. The number of fused-ring (bicyclic) bond motifs is 1. The van der Waals surface area contributed by atoms with Gasteiger partial charge < -0.3 is 49.8 Å². The number of carbonyl (C=O) groups is 2. The number of aromatic hydroxyl groups is 2. The van der Waals surface area contributed by atoms with E-state index in [-0.39, 0.29) is 42.7 Å². The van der Waals surface area contributed by atoms with Crippen molar-refractivity contribution in [2.45, 2.75) is 109 Å². The normalized spacial score (nSPS) is 26.8. The zero-order chi connectivity index (χ0) is 32.4. The highest BCUT2D eigenvalue weighted by Gasteiger charge is 2.48. The molecule has 6 N–H and O–H groups in total.